The number of hydrogen-bond donors (Lipinski definition) is 1. The van der Waals surface area contributed by atoms with Crippen LogP contribution in [0.5, 0.6) is 0 Å². The van der Waals surface area contributed by atoms with Gasteiger partial charge in [0, 0.05) is 6.54 Å². The average Bonchev–Trinajstić information content (AvgIpc) is 2.15. The van der Waals surface area contributed by atoms with Gasteiger partial charge in [-0.05, 0) is 32.0 Å². The largest absolute Gasteiger partial charge is 0.383 e. The van der Waals surface area contributed by atoms with Crippen molar-refractivity contribution >= 4 is 0 Å². The van der Waals surface area contributed by atoms with E-state index in [0.717, 1.165) is 5.56 Å². The lowest BCUT2D eigenvalue weighted by molar-refractivity contribution is -0.0798. The molecule has 0 aliphatic rings. The molecular weight excluding hydrogens is 210 g/mol. The molecule has 2 nitrogen and oxygen atoms in total. The first-order valence-corrected chi connectivity index (χ1v) is 6.11. The SMILES string of the molecule is Cc1ccc(C(O)(CN(C)C)C(C)(C)C)cc1. The Labute approximate surface area is 105 Å². The highest BCUT2D eigenvalue weighted by molar-refractivity contribution is 5.28. The normalized spacial score (nSPS) is 16.0. The summed E-state index contributed by atoms with van der Waals surface area (Å²) in [7, 11) is 3.98. The van der Waals surface area contributed by atoms with Gasteiger partial charge in [-0.3, -0.25) is 0 Å². The summed E-state index contributed by atoms with van der Waals surface area (Å²) in [6.07, 6.45) is 0. The zero-order chi connectivity index (χ0) is 13.3. The lowest BCUT2D eigenvalue weighted by atomic mass is 9.72. The van der Waals surface area contributed by atoms with Crippen molar-refractivity contribution < 1.29 is 5.11 Å². The van der Waals surface area contributed by atoms with Gasteiger partial charge >= 0.3 is 0 Å². The van der Waals surface area contributed by atoms with Crippen LogP contribution in [0.25, 0.3) is 0 Å². The Morgan fingerprint density at radius 3 is 1.88 bits per heavy atom. The Bertz CT molecular complexity index is 362. The van der Waals surface area contributed by atoms with Crippen molar-refractivity contribution in [3.8, 4) is 0 Å². The van der Waals surface area contributed by atoms with Crippen LogP contribution in [0.2, 0.25) is 0 Å². The van der Waals surface area contributed by atoms with E-state index >= 15 is 0 Å². The minimum Gasteiger partial charge on any atom is -0.383 e. The number of aliphatic hydroxyl groups is 1. The monoisotopic (exact) mass is 235 g/mol. The van der Waals surface area contributed by atoms with Crippen molar-refractivity contribution in [3.05, 3.63) is 35.4 Å². The quantitative estimate of drug-likeness (QED) is 0.871. The summed E-state index contributed by atoms with van der Waals surface area (Å²) < 4.78 is 0. The van der Waals surface area contributed by atoms with Crippen LogP contribution in [-0.4, -0.2) is 30.6 Å². The van der Waals surface area contributed by atoms with Crippen LogP contribution in [0.1, 0.15) is 31.9 Å². The molecule has 2 heteroatoms. The van der Waals surface area contributed by atoms with Crippen molar-refractivity contribution in [2.45, 2.75) is 33.3 Å². The molecule has 0 aromatic heterocycles. The van der Waals surface area contributed by atoms with E-state index in [1.807, 2.05) is 31.1 Å². The summed E-state index contributed by atoms with van der Waals surface area (Å²) in [5.41, 5.74) is 1.18. The summed E-state index contributed by atoms with van der Waals surface area (Å²) in [4.78, 5) is 2.03. The van der Waals surface area contributed by atoms with E-state index in [0.29, 0.717) is 6.54 Å². The third-order valence-electron chi connectivity index (χ3n) is 3.31. The van der Waals surface area contributed by atoms with Crippen LogP contribution < -0.4 is 0 Å². The zero-order valence-electron chi connectivity index (χ0n) is 11.9. The van der Waals surface area contributed by atoms with E-state index in [-0.39, 0.29) is 5.41 Å². The van der Waals surface area contributed by atoms with Gasteiger partial charge in [0.2, 0.25) is 0 Å². The van der Waals surface area contributed by atoms with Crippen molar-refractivity contribution in [2.24, 2.45) is 5.41 Å². The van der Waals surface area contributed by atoms with Gasteiger partial charge in [-0.1, -0.05) is 50.6 Å². The Morgan fingerprint density at radius 2 is 1.53 bits per heavy atom. The predicted molar refractivity (Wildman–Crippen MR) is 73.1 cm³/mol. The number of nitrogens with zero attached hydrogens (tertiary/aromatic N) is 1. The summed E-state index contributed by atoms with van der Waals surface area (Å²) in [5, 5.41) is 11.0. The molecular formula is C15H25NO. The van der Waals surface area contributed by atoms with Crippen LogP contribution >= 0.6 is 0 Å². The third-order valence-corrected chi connectivity index (χ3v) is 3.31. The number of hydrogen-bond acceptors (Lipinski definition) is 2. The Balaban J connectivity index is 3.19. The fourth-order valence-electron chi connectivity index (χ4n) is 2.05. The number of aryl methyl sites for hydroxylation is 1. The fourth-order valence-corrected chi connectivity index (χ4v) is 2.05. The summed E-state index contributed by atoms with van der Waals surface area (Å²) in [5.74, 6) is 0. The molecule has 0 radical (unpaired) electrons. The molecule has 0 spiro atoms. The highest BCUT2D eigenvalue weighted by atomic mass is 16.3. The molecule has 1 unspecified atom stereocenters. The number of rotatable bonds is 3. The predicted octanol–water partition coefficient (Wildman–Crippen LogP) is 2.79. The van der Waals surface area contributed by atoms with Crippen molar-refractivity contribution in [3.63, 3.8) is 0 Å². The molecule has 1 aromatic rings. The Morgan fingerprint density at radius 1 is 1.06 bits per heavy atom. The molecule has 0 saturated heterocycles. The maximum absolute atomic E-state index is 11.0. The average molecular weight is 235 g/mol. The first-order valence-electron chi connectivity index (χ1n) is 6.11. The van der Waals surface area contributed by atoms with Gasteiger partial charge in [-0.2, -0.15) is 0 Å². The van der Waals surface area contributed by atoms with E-state index in [2.05, 4.69) is 39.8 Å². The summed E-state index contributed by atoms with van der Waals surface area (Å²) in [6.45, 7) is 8.93. The minimum absolute atomic E-state index is 0.202. The van der Waals surface area contributed by atoms with Crippen LogP contribution in [0.3, 0.4) is 0 Å². The van der Waals surface area contributed by atoms with Crippen LogP contribution in [0.4, 0.5) is 0 Å². The second kappa shape index (κ2) is 4.79. The molecule has 1 atom stereocenters. The molecule has 0 fully saturated rings. The van der Waals surface area contributed by atoms with Gasteiger partial charge < -0.3 is 10.0 Å². The molecule has 1 rings (SSSR count). The van der Waals surface area contributed by atoms with E-state index in [1.165, 1.54) is 5.56 Å². The van der Waals surface area contributed by atoms with Gasteiger partial charge in [0.15, 0.2) is 0 Å². The topological polar surface area (TPSA) is 23.5 Å². The lowest BCUT2D eigenvalue weighted by Gasteiger charge is -2.42. The second-order valence-electron chi connectivity index (χ2n) is 6.21. The van der Waals surface area contributed by atoms with E-state index in [1.54, 1.807) is 0 Å². The molecule has 0 bridgehead atoms. The Kier molecular flexibility index (Phi) is 4.00. The van der Waals surface area contributed by atoms with Crippen LogP contribution in [0.15, 0.2) is 24.3 Å². The molecule has 0 aliphatic heterocycles. The molecule has 1 N–H and O–H groups in total. The Hall–Kier alpha value is -0.860. The second-order valence-corrected chi connectivity index (χ2v) is 6.21. The zero-order valence-corrected chi connectivity index (χ0v) is 11.9. The first-order chi connectivity index (χ1) is 7.67. The summed E-state index contributed by atoms with van der Waals surface area (Å²) in [6, 6.07) is 8.18. The smallest absolute Gasteiger partial charge is 0.107 e. The molecule has 1 aromatic carbocycles. The first kappa shape index (κ1) is 14.2. The number of likely N-dealkylation sites (N-methyl/N-ethyl adjacent to an activating group) is 1. The molecule has 17 heavy (non-hydrogen) atoms. The van der Waals surface area contributed by atoms with Gasteiger partial charge in [0.25, 0.3) is 0 Å². The minimum atomic E-state index is -0.829. The van der Waals surface area contributed by atoms with E-state index in [9.17, 15) is 5.11 Å². The van der Waals surface area contributed by atoms with E-state index < -0.39 is 5.60 Å². The highest BCUT2D eigenvalue weighted by Gasteiger charge is 2.41. The lowest BCUT2D eigenvalue weighted by Crippen LogP contribution is -2.47. The van der Waals surface area contributed by atoms with Gasteiger partial charge in [0.1, 0.15) is 5.60 Å². The molecule has 0 amide bonds. The maximum atomic E-state index is 11.0. The van der Waals surface area contributed by atoms with Gasteiger partial charge in [0.05, 0.1) is 0 Å². The maximum Gasteiger partial charge on any atom is 0.107 e. The third kappa shape index (κ3) is 3.08. The summed E-state index contributed by atoms with van der Waals surface area (Å²) >= 11 is 0. The fraction of sp³-hybridized carbons (Fsp3) is 0.600. The van der Waals surface area contributed by atoms with Gasteiger partial charge in [-0.15, -0.1) is 0 Å². The van der Waals surface area contributed by atoms with E-state index in [4.69, 9.17) is 0 Å². The molecule has 96 valence electrons. The van der Waals surface area contributed by atoms with Crippen molar-refractivity contribution in [1.82, 2.24) is 4.90 Å². The van der Waals surface area contributed by atoms with Crippen molar-refractivity contribution in [2.75, 3.05) is 20.6 Å². The molecule has 0 saturated carbocycles. The molecule has 0 heterocycles. The van der Waals surface area contributed by atoms with Gasteiger partial charge in [-0.25, -0.2) is 0 Å². The van der Waals surface area contributed by atoms with Crippen molar-refractivity contribution in [1.29, 1.82) is 0 Å². The number of benzene rings is 1. The highest BCUT2D eigenvalue weighted by Crippen LogP contribution is 2.39. The van der Waals surface area contributed by atoms with Crippen LogP contribution in [0, 0.1) is 12.3 Å². The standard InChI is InChI=1S/C15H25NO/c1-12-7-9-13(10-8-12)15(17,11-16(5)6)14(2,3)4/h7-10,17H,11H2,1-6H3. The van der Waals surface area contributed by atoms with Crippen LogP contribution in [-0.2, 0) is 5.60 Å². The molecule has 0 aliphatic carbocycles.